The monoisotopic (exact) mass is 115 g/mol. The van der Waals surface area contributed by atoms with Gasteiger partial charge >= 0.3 is 0 Å². The minimum atomic E-state index is 0.413. The Kier molecular flexibility index (Phi) is 0.997. The lowest BCUT2D eigenvalue weighted by atomic mass is 10.5. The second-order valence-electron chi connectivity index (χ2n) is 2.18. The summed E-state index contributed by atoms with van der Waals surface area (Å²) in [5, 5.41) is 1.93. The highest BCUT2D eigenvalue weighted by Crippen LogP contribution is 2.12. The van der Waals surface area contributed by atoms with Crippen LogP contribution in [0.5, 0.6) is 0 Å². The molecule has 2 saturated heterocycles. The van der Waals surface area contributed by atoms with Gasteiger partial charge in [-0.1, -0.05) is 0 Å². The smallest absolute Gasteiger partial charge is 0.106 e. The number of nitrogens with zero attached hydrogens (tertiary/aromatic N) is 1. The predicted octanol–water partition coefficient (Wildman–Crippen LogP) is -0.368. The van der Waals surface area contributed by atoms with Gasteiger partial charge in [0.05, 0.1) is 13.2 Å². The van der Waals surface area contributed by atoms with Gasteiger partial charge in [-0.2, -0.15) is 5.06 Å². The lowest BCUT2D eigenvalue weighted by Gasteiger charge is -1.96. The van der Waals surface area contributed by atoms with Gasteiger partial charge in [-0.15, -0.1) is 0 Å². The van der Waals surface area contributed by atoms with Crippen LogP contribution in [0.15, 0.2) is 0 Å². The molecule has 1 atom stereocenters. The van der Waals surface area contributed by atoms with Crippen molar-refractivity contribution in [2.45, 2.75) is 6.10 Å². The summed E-state index contributed by atoms with van der Waals surface area (Å²) in [6, 6.07) is 0. The van der Waals surface area contributed by atoms with Crippen molar-refractivity contribution in [1.29, 1.82) is 0 Å². The van der Waals surface area contributed by atoms with Crippen molar-refractivity contribution in [3.63, 3.8) is 0 Å². The summed E-state index contributed by atoms with van der Waals surface area (Å²) in [7, 11) is 0. The zero-order valence-electron chi connectivity index (χ0n) is 4.67. The molecule has 2 rings (SSSR count). The van der Waals surface area contributed by atoms with Gasteiger partial charge in [0.1, 0.15) is 6.10 Å². The molecule has 0 aromatic carbocycles. The van der Waals surface area contributed by atoms with E-state index in [4.69, 9.17) is 9.57 Å². The fourth-order valence-corrected chi connectivity index (χ4v) is 0.523. The molecule has 0 saturated carbocycles. The second-order valence-corrected chi connectivity index (χ2v) is 2.18. The van der Waals surface area contributed by atoms with Gasteiger partial charge in [0.25, 0.3) is 0 Å². The Balaban J connectivity index is 1.56. The highest BCUT2D eigenvalue weighted by Gasteiger charge is 2.26. The standard InChI is InChI=1S/C5H9NO2/c1-2-6(1)8-4-5-3-7-5/h5H,1-4H2. The Labute approximate surface area is 48.1 Å². The molecular weight excluding hydrogens is 106 g/mol. The molecule has 8 heavy (non-hydrogen) atoms. The number of hydrogen-bond acceptors (Lipinski definition) is 3. The Hall–Kier alpha value is -0.120. The first kappa shape index (κ1) is 4.73. The predicted molar refractivity (Wildman–Crippen MR) is 27.3 cm³/mol. The average molecular weight is 115 g/mol. The van der Waals surface area contributed by atoms with Crippen LogP contribution in [-0.2, 0) is 9.57 Å². The highest BCUT2D eigenvalue weighted by molar-refractivity contribution is 4.69. The summed E-state index contributed by atoms with van der Waals surface area (Å²) < 4.78 is 4.94. The summed E-state index contributed by atoms with van der Waals surface area (Å²) in [5.41, 5.74) is 0. The summed E-state index contributed by atoms with van der Waals surface area (Å²) in [5.74, 6) is 0. The maximum absolute atomic E-state index is 5.19. The summed E-state index contributed by atoms with van der Waals surface area (Å²) in [6.07, 6.45) is 0.413. The summed E-state index contributed by atoms with van der Waals surface area (Å²) in [4.78, 5) is 5.19. The van der Waals surface area contributed by atoms with Crippen LogP contribution in [0.2, 0.25) is 0 Å². The molecule has 0 aliphatic carbocycles. The number of hydroxylamine groups is 2. The molecule has 3 nitrogen and oxygen atoms in total. The maximum atomic E-state index is 5.19. The van der Waals surface area contributed by atoms with Gasteiger partial charge in [-0.05, 0) is 0 Å². The lowest BCUT2D eigenvalue weighted by molar-refractivity contribution is -0.0697. The van der Waals surface area contributed by atoms with E-state index in [0.29, 0.717) is 6.10 Å². The highest BCUT2D eigenvalue weighted by atomic mass is 16.7. The third kappa shape index (κ3) is 1.18. The Morgan fingerprint density at radius 1 is 1.62 bits per heavy atom. The first-order valence-electron chi connectivity index (χ1n) is 2.94. The fraction of sp³-hybridized carbons (Fsp3) is 1.00. The van der Waals surface area contributed by atoms with Gasteiger partial charge < -0.3 is 4.74 Å². The molecule has 0 bridgehead atoms. The SMILES string of the molecule is C1OC1CON1CC1. The number of ether oxygens (including phenoxy) is 1. The normalized spacial score (nSPS) is 35.2. The van der Waals surface area contributed by atoms with E-state index in [1.807, 2.05) is 5.06 Å². The largest absolute Gasteiger partial charge is 0.371 e. The molecule has 0 spiro atoms. The van der Waals surface area contributed by atoms with E-state index in [9.17, 15) is 0 Å². The van der Waals surface area contributed by atoms with Crippen LogP contribution in [0.3, 0.4) is 0 Å². The third-order valence-electron chi connectivity index (χ3n) is 1.25. The van der Waals surface area contributed by atoms with Gasteiger partial charge in [-0.25, -0.2) is 0 Å². The van der Waals surface area contributed by atoms with Crippen molar-refractivity contribution in [2.24, 2.45) is 0 Å². The van der Waals surface area contributed by atoms with Crippen molar-refractivity contribution >= 4 is 0 Å². The first-order valence-corrected chi connectivity index (χ1v) is 2.94. The topological polar surface area (TPSA) is 24.8 Å². The van der Waals surface area contributed by atoms with E-state index in [1.165, 1.54) is 0 Å². The Bertz CT molecular complexity index is 76.4. The van der Waals surface area contributed by atoms with E-state index in [1.54, 1.807) is 0 Å². The Morgan fingerprint density at radius 3 is 2.88 bits per heavy atom. The second kappa shape index (κ2) is 1.69. The van der Waals surface area contributed by atoms with Gasteiger partial charge in [0.2, 0.25) is 0 Å². The fourth-order valence-electron chi connectivity index (χ4n) is 0.523. The zero-order valence-corrected chi connectivity index (χ0v) is 4.67. The van der Waals surface area contributed by atoms with E-state index in [0.717, 1.165) is 26.3 Å². The molecule has 46 valence electrons. The molecule has 1 unspecified atom stereocenters. The quantitative estimate of drug-likeness (QED) is 0.469. The molecule has 2 fully saturated rings. The minimum Gasteiger partial charge on any atom is -0.371 e. The summed E-state index contributed by atoms with van der Waals surface area (Å²) >= 11 is 0. The van der Waals surface area contributed by atoms with Crippen molar-refractivity contribution < 1.29 is 9.57 Å². The maximum Gasteiger partial charge on any atom is 0.106 e. The molecule has 0 aromatic heterocycles. The third-order valence-corrected chi connectivity index (χ3v) is 1.25. The van der Waals surface area contributed by atoms with E-state index in [-0.39, 0.29) is 0 Å². The number of rotatable bonds is 3. The van der Waals surface area contributed by atoms with Crippen LogP contribution < -0.4 is 0 Å². The molecular formula is C5H9NO2. The first-order chi connectivity index (χ1) is 3.95. The van der Waals surface area contributed by atoms with E-state index in [2.05, 4.69) is 0 Å². The minimum absolute atomic E-state index is 0.413. The van der Waals surface area contributed by atoms with Gasteiger partial charge in [0.15, 0.2) is 0 Å². The molecule has 0 radical (unpaired) electrons. The van der Waals surface area contributed by atoms with Crippen LogP contribution in [-0.4, -0.2) is 37.5 Å². The molecule has 2 aliphatic heterocycles. The van der Waals surface area contributed by atoms with Gasteiger partial charge in [-0.3, -0.25) is 4.84 Å². The summed E-state index contributed by atoms with van der Waals surface area (Å²) in [6.45, 7) is 3.87. The van der Waals surface area contributed by atoms with Gasteiger partial charge in [0, 0.05) is 13.1 Å². The number of hydrogen-bond donors (Lipinski definition) is 0. The van der Waals surface area contributed by atoms with Crippen molar-refractivity contribution in [2.75, 3.05) is 26.3 Å². The molecule has 0 N–H and O–H groups in total. The van der Waals surface area contributed by atoms with Crippen molar-refractivity contribution in [3.05, 3.63) is 0 Å². The molecule has 0 amide bonds. The van der Waals surface area contributed by atoms with Crippen LogP contribution >= 0.6 is 0 Å². The van der Waals surface area contributed by atoms with Crippen LogP contribution in [0.4, 0.5) is 0 Å². The molecule has 2 heterocycles. The number of epoxide rings is 1. The van der Waals surface area contributed by atoms with E-state index >= 15 is 0 Å². The molecule has 0 aromatic rings. The van der Waals surface area contributed by atoms with Crippen LogP contribution in [0, 0.1) is 0 Å². The van der Waals surface area contributed by atoms with E-state index < -0.39 is 0 Å². The molecule has 2 aliphatic rings. The van der Waals surface area contributed by atoms with Crippen LogP contribution in [0.1, 0.15) is 0 Å². The van der Waals surface area contributed by atoms with Crippen molar-refractivity contribution in [3.8, 4) is 0 Å². The van der Waals surface area contributed by atoms with Crippen molar-refractivity contribution in [1.82, 2.24) is 5.06 Å². The lowest BCUT2D eigenvalue weighted by Crippen LogP contribution is -2.05. The Morgan fingerprint density at radius 2 is 2.38 bits per heavy atom. The molecule has 3 heteroatoms. The zero-order chi connectivity index (χ0) is 5.40. The average Bonchev–Trinajstić information content (AvgIpc) is 2.60. The van der Waals surface area contributed by atoms with Crippen LogP contribution in [0.25, 0.3) is 0 Å².